The lowest BCUT2D eigenvalue weighted by Crippen LogP contribution is -2.36. The van der Waals surface area contributed by atoms with Crippen molar-refractivity contribution >= 4 is 12.6 Å². The first-order chi connectivity index (χ1) is 5.43. The van der Waals surface area contributed by atoms with Crippen molar-refractivity contribution in [1.29, 1.82) is 0 Å². The van der Waals surface area contributed by atoms with E-state index in [1.807, 2.05) is 12.3 Å². The average molecular weight is 170 g/mol. The zero-order chi connectivity index (χ0) is 7.94. The summed E-state index contributed by atoms with van der Waals surface area (Å²) in [6, 6.07) is 0.444. The first-order valence-corrected chi connectivity index (χ1v) is 4.47. The van der Waals surface area contributed by atoms with Crippen molar-refractivity contribution in [3.05, 3.63) is 24.4 Å². The van der Waals surface area contributed by atoms with Crippen LogP contribution < -0.4 is 10.6 Å². The zero-order valence-corrected chi connectivity index (χ0v) is 7.35. The Morgan fingerprint density at radius 2 is 2.36 bits per heavy atom. The van der Waals surface area contributed by atoms with Gasteiger partial charge < -0.3 is 10.6 Å². The molecule has 1 aliphatic rings. The third-order valence-corrected chi connectivity index (χ3v) is 1.74. The average Bonchev–Trinajstić information content (AvgIpc) is 2.07. The molecule has 3 heteroatoms. The standard InChI is InChI=1S/C8H14N2S/c11-6-5-9-7-8-3-1-2-4-10-8/h1-4,8-11H,5-7H2. The summed E-state index contributed by atoms with van der Waals surface area (Å²) in [6.07, 6.45) is 8.16. The van der Waals surface area contributed by atoms with E-state index in [9.17, 15) is 0 Å². The van der Waals surface area contributed by atoms with Crippen LogP contribution in [0.3, 0.4) is 0 Å². The van der Waals surface area contributed by atoms with Crippen molar-refractivity contribution in [2.45, 2.75) is 6.04 Å². The van der Waals surface area contributed by atoms with E-state index < -0.39 is 0 Å². The normalized spacial score (nSPS) is 21.7. The number of allylic oxidation sites excluding steroid dienone is 2. The monoisotopic (exact) mass is 170 g/mol. The summed E-state index contributed by atoms with van der Waals surface area (Å²) in [5.74, 6) is 0.895. The number of hydrogen-bond donors (Lipinski definition) is 3. The van der Waals surface area contributed by atoms with E-state index in [0.29, 0.717) is 6.04 Å². The van der Waals surface area contributed by atoms with Crippen molar-refractivity contribution in [2.75, 3.05) is 18.8 Å². The molecule has 2 N–H and O–H groups in total. The fourth-order valence-corrected chi connectivity index (χ4v) is 1.11. The van der Waals surface area contributed by atoms with Gasteiger partial charge >= 0.3 is 0 Å². The molecule has 11 heavy (non-hydrogen) atoms. The number of hydrogen-bond acceptors (Lipinski definition) is 3. The molecule has 62 valence electrons. The van der Waals surface area contributed by atoms with Crippen LogP contribution >= 0.6 is 12.6 Å². The van der Waals surface area contributed by atoms with E-state index in [-0.39, 0.29) is 0 Å². The highest BCUT2D eigenvalue weighted by atomic mass is 32.1. The third-order valence-electron chi connectivity index (χ3n) is 1.51. The van der Waals surface area contributed by atoms with Gasteiger partial charge in [-0.3, -0.25) is 0 Å². The molecule has 0 aromatic carbocycles. The van der Waals surface area contributed by atoms with Crippen molar-refractivity contribution < 1.29 is 0 Å². The summed E-state index contributed by atoms with van der Waals surface area (Å²) in [5, 5.41) is 6.50. The summed E-state index contributed by atoms with van der Waals surface area (Å²) in [7, 11) is 0. The summed E-state index contributed by atoms with van der Waals surface area (Å²) in [6.45, 7) is 1.94. The van der Waals surface area contributed by atoms with E-state index in [2.05, 4.69) is 35.4 Å². The minimum absolute atomic E-state index is 0.444. The van der Waals surface area contributed by atoms with Crippen LogP contribution in [0.25, 0.3) is 0 Å². The topological polar surface area (TPSA) is 24.1 Å². The highest BCUT2D eigenvalue weighted by Gasteiger charge is 2.01. The SMILES string of the molecule is SCCNCC1C=CC=CN1. The highest BCUT2D eigenvalue weighted by molar-refractivity contribution is 7.80. The van der Waals surface area contributed by atoms with Crippen molar-refractivity contribution in [3.8, 4) is 0 Å². The zero-order valence-electron chi connectivity index (χ0n) is 6.46. The largest absolute Gasteiger partial charge is 0.383 e. The van der Waals surface area contributed by atoms with Crippen molar-refractivity contribution in [2.24, 2.45) is 0 Å². The second-order valence-corrected chi connectivity index (χ2v) is 2.89. The molecule has 0 aromatic heterocycles. The van der Waals surface area contributed by atoms with Gasteiger partial charge in [-0.05, 0) is 12.3 Å². The summed E-state index contributed by atoms with van der Waals surface area (Å²) >= 11 is 4.10. The van der Waals surface area contributed by atoms with E-state index in [1.54, 1.807) is 0 Å². The second kappa shape index (κ2) is 5.27. The lowest BCUT2D eigenvalue weighted by Gasteiger charge is -2.15. The molecule has 1 aliphatic heterocycles. The van der Waals surface area contributed by atoms with Gasteiger partial charge in [-0.25, -0.2) is 0 Å². The molecule has 0 spiro atoms. The van der Waals surface area contributed by atoms with E-state index >= 15 is 0 Å². The number of rotatable bonds is 4. The lowest BCUT2D eigenvalue weighted by molar-refractivity contribution is 0.607. The van der Waals surface area contributed by atoms with Crippen molar-refractivity contribution in [3.63, 3.8) is 0 Å². The summed E-state index contributed by atoms with van der Waals surface area (Å²) < 4.78 is 0. The molecule has 0 saturated heterocycles. The quantitative estimate of drug-likeness (QED) is 0.424. The first kappa shape index (κ1) is 8.68. The molecule has 1 heterocycles. The highest BCUT2D eigenvalue weighted by Crippen LogP contribution is 1.92. The minimum Gasteiger partial charge on any atom is -0.383 e. The molecule has 0 radical (unpaired) electrons. The fraction of sp³-hybridized carbons (Fsp3) is 0.500. The number of nitrogens with one attached hydrogen (secondary N) is 2. The molecule has 0 fully saturated rings. The van der Waals surface area contributed by atoms with Crippen LogP contribution in [-0.4, -0.2) is 24.9 Å². The molecule has 0 bridgehead atoms. The number of dihydropyridines is 1. The van der Waals surface area contributed by atoms with Crippen LogP contribution in [0.2, 0.25) is 0 Å². The Hall–Kier alpha value is -0.410. The lowest BCUT2D eigenvalue weighted by atomic mass is 10.2. The predicted molar refractivity (Wildman–Crippen MR) is 51.9 cm³/mol. The first-order valence-electron chi connectivity index (χ1n) is 3.84. The Bertz CT molecular complexity index is 154. The molecule has 1 unspecified atom stereocenters. The smallest absolute Gasteiger partial charge is 0.0566 e. The van der Waals surface area contributed by atoms with Gasteiger partial charge in [0.05, 0.1) is 6.04 Å². The Morgan fingerprint density at radius 3 is 3.00 bits per heavy atom. The second-order valence-electron chi connectivity index (χ2n) is 2.44. The van der Waals surface area contributed by atoms with Crippen LogP contribution in [0.1, 0.15) is 0 Å². The molecular weight excluding hydrogens is 156 g/mol. The van der Waals surface area contributed by atoms with Gasteiger partial charge in [-0.15, -0.1) is 0 Å². The van der Waals surface area contributed by atoms with Crippen LogP contribution in [-0.2, 0) is 0 Å². The molecule has 2 nitrogen and oxygen atoms in total. The molecule has 0 amide bonds. The third kappa shape index (κ3) is 3.49. The predicted octanol–water partition coefficient (Wildman–Crippen LogP) is 0.547. The van der Waals surface area contributed by atoms with Gasteiger partial charge in [0.15, 0.2) is 0 Å². The minimum atomic E-state index is 0.444. The summed E-state index contributed by atoms with van der Waals surface area (Å²) in [5.41, 5.74) is 0. The maximum absolute atomic E-state index is 4.10. The number of thiol groups is 1. The van der Waals surface area contributed by atoms with Crippen molar-refractivity contribution in [1.82, 2.24) is 10.6 Å². The fourth-order valence-electron chi connectivity index (χ4n) is 0.952. The maximum Gasteiger partial charge on any atom is 0.0566 e. The summed E-state index contributed by atoms with van der Waals surface area (Å²) in [4.78, 5) is 0. The van der Waals surface area contributed by atoms with Gasteiger partial charge in [0, 0.05) is 18.8 Å². The van der Waals surface area contributed by atoms with Crippen LogP contribution in [0, 0.1) is 0 Å². The molecule has 1 atom stereocenters. The van der Waals surface area contributed by atoms with E-state index in [1.165, 1.54) is 0 Å². The Morgan fingerprint density at radius 1 is 1.45 bits per heavy atom. The van der Waals surface area contributed by atoms with Gasteiger partial charge in [-0.2, -0.15) is 12.6 Å². The van der Waals surface area contributed by atoms with Crippen LogP contribution in [0.4, 0.5) is 0 Å². The molecule has 1 rings (SSSR count). The van der Waals surface area contributed by atoms with Crippen LogP contribution in [0.5, 0.6) is 0 Å². The van der Waals surface area contributed by atoms with Gasteiger partial charge in [0.1, 0.15) is 0 Å². The van der Waals surface area contributed by atoms with Gasteiger partial charge in [0.25, 0.3) is 0 Å². The molecule has 0 saturated carbocycles. The molecule has 0 aromatic rings. The van der Waals surface area contributed by atoms with Gasteiger partial charge in [0.2, 0.25) is 0 Å². The van der Waals surface area contributed by atoms with Crippen LogP contribution in [0.15, 0.2) is 24.4 Å². The maximum atomic E-state index is 4.10. The Balaban J connectivity index is 2.07. The van der Waals surface area contributed by atoms with E-state index in [0.717, 1.165) is 18.8 Å². The Labute approximate surface area is 73.2 Å². The Kier molecular flexibility index (Phi) is 4.16. The van der Waals surface area contributed by atoms with Gasteiger partial charge in [-0.1, -0.05) is 12.2 Å². The van der Waals surface area contributed by atoms with E-state index in [4.69, 9.17) is 0 Å². The molecule has 0 aliphatic carbocycles. The molecular formula is C8H14N2S.